The van der Waals surface area contributed by atoms with Crippen LogP contribution in [0.2, 0.25) is 0 Å². The summed E-state index contributed by atoms with van der Waals surface area (Å²) in [7, 11) is 0. The van der Waals surface area contributed by atoms with Crippen LogP contribution in [0.25, 0.3) is 0 Å². The lowest BCUT2D eigenvalue weighted by atomic mass is 9.48. The van der Waals surface area contributed by atoms with Crippen LogP contribution in [-0.4, -0.2) is 28.2 Å². The van der Waals surface area contributed by atoms with Gasteiger partial charge in [0.15, 0.2) is 5.78 Å². The smallest absolute Gasteiger partial charge is 0.155 e. The first kappa shape index (κ1) is 15.8. The van der Waals surface area contributed by atoms with Crippen LogP contribution in [-0.2, 0) is 4.79 Å². The van der Waals surface area contributed by atoms with Gasteiger partial charge < -0.3 is 10.2 Å². The number of aliphatic hydroxyl groups is 2. The first-order valence-corrected chi connectivity index (χ1v) is 9.46. The van der Waals surface area contributed by atoms with Gasteiger partial charge in [0, 0.05) is 11.8 Å². The second-order valence-electron chi connectivity index (χ2n) is 9.04. The molecule has 0 spiro atoms. The Balaban J connectivity index is 1.68. The van der Waals surface area contributed by atoms with Crippen molar-refractivity contribution in [3.63, 3.8) is 0 Å². The van der Waals surface area contributed by atoms with Crippen molar-refractivity contribution in [2.75, 3.05) is 6.61 Å². The molecule has 0 aromatic carbocycles. The maximum absolute atomic E-state index is 11.8. The van der Waals surface area contributed by atoms with Gasteiger partial charge in [0.2, 0.25) is 0 Å². The number of rotatable bonds is 1. The number of fused-ring (bicyclic) bond motifs is 5. The Kier molecular flexibility index (Phi) is 3.55. The Hall–Kier alpha value is -0.670. The Labute approximate surface area is 139 Å². The monoisotopic (exact) mass is 318 g/mol. The third kappa shape index (κ3) is 2.05. The predicted molar refractivity (Wildman–Crippen MR) is 88.7 cm³/mol. The molecule has 0 aromatic heterocycles. The summed E-state index contributed by atoms with van der Waals surface area (Å²) in [5, 5.41) is 20.8. The van der Waals surface area contributed by atoms with Crippen molar-refractivity contribution in [3.8, 4) is 0 Å². The SMILES string of the molecule is C[C@@H]1CC2=CC(=O)CCC2C2CC[C@@]3(C)C(CC[C@@]3(O)CO)C21. The van der Waals surface area contributed by atoms with E-state index in [1.807, 2.05) is 6.08 Å². The number of aliphatic hydroxyl groups excluding tert-OH is 1. The van der Waals surface area contributed by atoms with E-state index in [9.17, 15) is 15.0 Å². The lowest BCUT2D eigenvalue weighted by Gasteiger charge is -2.57. The van der Waals surface area contributed by atoms with E-state index in [4.69, 9.17) is 0 Å². The quantitative estimate of drug-likeness (QED) is 0.781. The molecule has 3 fully saturated rings. The molecule has 23 heavy (non-hydrogen) atoms. The Morgan fingerprint density at radius 3 is 2.78 bits per heavy atom. The molecule has 0 saturated heterocycles. The van der Waals surface area contributed by atoms with Gasteiger partial charge in [0.1, 0.15) is 0 Å². The van der Waals surface area contributed by atoms with Gasteiger partial charge in [-0.1, -0.05) is 19.4 Å². The van der Waals surface area contributed by atoms with Gasteiger partial charge in [0.25, 0.3) is 0 Å². The molecule has 128 valence electrons. The standard InChI is InChI=1S/C20H30O3/c1-12-9-13-10-14(22)3-4-15(13)16-5-7-19(2)17(18(12)16)6-8-20(19,23)11-21/h10,12,15-18,21,23H,3-9,11H2,1-2H3/t12-,15?,16?,17?,18?,19+,20-/m1/s1. The topological polar surface area (TPSA) is 57.5 Å². The fraction of sp³-hybridized carbons (Fsp3) is 0.850. The number of hydrogen-bond donors (Lipinski definition) is 2. The van der Waals surface area contributed by atoms with E-state index in [-0.39, 0.29) is 12.0 Å². The van der Waals surface area contributed by atoms with Crippen LogP contribution in [0.3, 0.4) is 0 Å². The van der Waals surface area contributed by atoms with E-state index in [0.717, 1.165) is 38.5 Å². The summed E-state index contributed by atoms with van der Waals surface area (Å²) in [4.78, 5) is 11.8. The van der Waals surface area contributed by atoms with Crippen LogP contribution < -0.4 is 0 Å². The van der Waals surface area contributed by atoms with E-state index in [1.165, 1.54) is 5.57 Å². The largest absolute Gasteiger partial charge is 0.393 e. The summed E-state index contributed by atoms with van der Waals surface area (Å²) in [5.41, 5.74) is 0.387. The van der Waals surface area contributed by atoms with Crippen LogP contribution >= 0.6 is 0 Å². The highest BCUT2D eigenvalue weighted by molar-refractivity contribution is 5.91. The van der Waals surface area contributed by atoms with Crippen molar-refractivity contribution in [1.29, 1.82) is 0 Å². The summed E-state index contributed by atoms with van der Waals surface area (Å²) < 4.78 is 0. The highest BCUT2D eigenvalue weighted by Gasteiger charge is 2.63. The third-order valence-corrected chi connectivity index (χ3v) is 8.22. The number of carbonyl (C=O) groups excluding carboxylic acids is 1. The second-order valence-corrected chi connectivity index (χ2v) is 9.04. The van der Waals surface area contributed by atoms with Gasteiger partial charge in [0.05, 0.1) is 12.2 Å². The summed E-state index contributed by atoms with van der Waals surface area (Å²) >= 11 is 0. The minimum absolute atomic E-state index is 0.102. The second kappa shape index (κ2) is 5.16. The summed E-state index contributed by atoms with van der Waals surface area (Å²) in [5.74, 6) is 3.34. The van der Waals surface area contributed by atoms with Gasteiger partial charge >= 0.3 is 0 Å². The molecule has 0 bridgehead atoms. The van der Waals surface area contributed by atoms with Crippen LogP contribution in [0, 0.1) is 35.0 Å². The van der Waals surface area contributed by atoms with Gasteiger partial charge in [-0.05, 0) is 74.2 Å². The lowest BCUT2D eigenvalue weighted by Crippen LogP contribution is -2.55. The van der Waals surface area contributed by atoms with Crippen LogP contribution in [0.5, 0.6) is 0 Å². The third-order valence-electron chi connectivity index (χ3n) is 8.22. The van der Waals surface area contributed by atoms with Crippen molar-refractivity contribution in [2.24, 2.45) is 35.0 Å². The number of carbonyl (C=O) groups is 1. The molecule has 4 unspecified atom stereocenters. The molecule has 0 radical (unpaired) electrons. The normalized spacial score (nSPS) is 52.4. The summed E-state index contributed by atoms with van der Waals surface area (Å²) in [6.45, 7) is 4.46. The first-order chi connectivity index (χ1) is 10.9. The maximum atomic E-state index is 11.8. The van der Waals surface area contributed by atoms with E-state index in [2.05, 4.69) is 13.8 Å². The average molecular weight is 318 g/mol. The minimum atomic E-state index is -0.888. The molecular weight excluding hydrogens is 288 g/mol. The Morgan fingerprint density at radius 1 is 1.26 bits per heavy atom. The molecule has 0 amide bonds. The zero-order valence-electron chi connectivity index (χ0n) is 14.4. The van der Waals surface area contributed by atoms with Crippen molar-refractivity contribution in [3.05, 3.63) is 11.6 Å². The zero-order chi connectivity index (χ0) is 16.4. The average Bonchev–Trinajstić information content (AvgIpc) is 2.79. The van der Waals surface area contributed by atoms with Crippen molar-refractivity contribution < 1.29 is 15.0 Å². The predicted octanol–water partition coefficient (Wildman–Crippen LogP) is 3.10. The highest BCUT2D eigenvalue weighted by atomic mass is 16.3. The fourth-order valence-electron chi connectivity index (χ4n) is 6.96. The summed E-state index contributed by atoms with van der Waals surface area (Å²) in [6.07, 6.45) is 8.70. The Morgan fingerprint density at radius 2 is 2.04 bits per heavy atom. The van der Waals surface area contributed by atoms with E-state index >= 15 is 0 Å². The highest BCUT2D eigenvalue weighted by Crippen LogP contribution is 2.65. The molecule has 7 atom stereocenters. The molecule has 3 heteroatoms. The molecule has 3 nitrogen and oxygen atoms in total. The first-order valence-electron chi connectivity index (χ1n) is 9.46. The molecule has 4 aliphatic carbocycles. The zero-order valence-corrected chi connectivity index (χ0v) is 14.4. The maximum Gasteiger partial charge on any atom is 0.155 e. The Bertz CT molecular complexity index is 553. The summed E-state index contributed by atoms with van der Waals surface area (Å²) in [6, 6.07) is 0. The van der Waals surface area contributed by atoms with Crippen LogP contribution in [0.4, 0.5) is 0 Å². The van der Waals surface area contributed by atoms with E-state index in [1.54, 1.807) is 0 Å². The molecular formula is C20H30O3. The van der Waals surface area contributed by atoms with Gasteiger partial charge in [-0.15, -0.1) is 0 Å². The molecule has 0 aliphatic heterocycles. The molecule has 3 saturated carbocycles. The number of allylic oxidation sites excluding steroid dienone is 1. The van der Waals surface area contributed by atoms with Crippen molar-refractivity contribution in [2.45, 2.75) is 64.4 Å². The molecule has 0 heterocycles. The fourth-order valence-corrected chi connectivity index (χ4v) is 6.96. The van der Waals surface area contributed by atoms with Crippen LogP contribution in [0.15, 0.2) is 11.6 Å². The van der Waals surface area contributed by atoms with E-state index in [0.29, 0.717) is 41.8 Å². The van der Waals surface area contributed by atoms with Crippen LogP contribution in [0.1, 0.15) is 58.8 Å². The molecule has 0 aromatic rings. The number of ketones is 1. The van der Waals surface area contributed by atoms with Crippen molar-refractivity contribution >= 4 is 5.78 Å². The number of hydrogen-bond acceptors (Lipinski definition) is 3. The van der Waals surface area contributed by atoms with Crippen molar-refractivity contribution in [1.82, 2.24) is 0 Å². The lowest BCUT2D eigenvalue weighted by molar-refractivity contribution is -0.145. The van der Waals surface area contributed by atoms with Gasteiger partial charge in [-0.2, -0.15) is 0 Å². The van der Waals surface area contributed by atoms with E-state index < -0.39 is 5.60 Å². The van der Waals surface area contributed by atoms with Gasteiger partial charge in [-0.25, -0.2) is 0 Å². The van der Waals surface area contributed by atoms with Gasteiger partial charge in [-0.3, -0.25) is 4.79 Å². The molecule has 2 N–H and O–H groups in total. The minimum Gasteiger partial charge on any atom is -0.393 e. The molecule has 4 aliphatic rings. The molecule has 4 rings (SSSR count).